The Bertz CT molecular complexity index is 2290. The normalized spacial score (nSPS) is 16.6. The molecule has 0 amide bonds. The Morgan fingerprint density at radius 1 is 0.577 bits per heavy atom. The minimum Gasteiger partial charge on any atom is -0.311 e. The molecule has 0 N–H and O–H groups in total. The summed E-state index contributed by atoms with van der Waals surface area (Å²) < 4.78 is 0. The van der Waals surface area contributed by atoms with E-state index in [4.69, 9.17) is 0 Å². The van der Waals surface area contributed by atoms with Gasteiger partial charge in [0.15, 0.2) is 0 Å². The number of rotatable bonds is 9. The van der Waals surface area contributed by atoms with Crippen LogP contribution in [0.2, 0.25) is 0 Å². The summed E-state index contributed by atoms with van der Waals surface area (Å²) in [5.74, 6) is 0.909. The summed E-state index contributed by atoms with van der Waals surface area (Å²) in [5.41, 5.74) is 17.3. The van der Waals surface area contributed by atoms with Crippen LogP contribution in [-0.4, -0.2) is 4.98 Å². The highest BCUT2D eigenvalue weighted by Gasteiger charge is 2.47. The lowest BCUT2D eigenvalue weighted by atomic mass is 9.74. The molecule has 0 bridgehead atoms. The number of aromatic nitrogens is 1. The zero-order chi connectivity index (χ0) is 35.1. The van der Waals surface area contributed by atoms with Crippen LogP contribution in [-0.2, 0) is 18.3 Å². The predicted octanol–water partition coefficient (Wildman–Crippen LogP) is 13.0. The molecule has 0 radical (unpaired) electrons. The molecule has 3 atom stereocenters. The van der Waals surface area contributed by atoms with Crippen molar-refractivity contribution in [3.63, 3.8) is 0 Å². The lowest BCUT2D eigenvalue weighted by molar-refractivity contribution is 0.537. The van der Waals surface area contributed by atoms with Gasteiger partial charge in [0.2, 0.25) is 0 Å². The number of benzene rings is 6. The summed E-state index contributed by atoms with van der Waals surface area (Å²) in [6.45, 7) is 4.77. The first-order valence-corrected chi connectivity index (χ1v) is 18.9. The van der Waals surface area contributed by atoms with Gasteiger partial charge in [0, 0.05) is 34.2 Å². The summed E-state index contributed by atoms with van der Waals surface area (Å²) in [6.07, 6.45) is 6.19. The van der Waals surface area contributed by atoms with E-state index >= 15 is 0 Å². The number of nitrogens with zero attached hydrogens (tertiary/aromatic N) is 2. The fraction of sp³-hybridized carbons (Fsp3) is 0.180. The van der Waals surface area contributed by atoms with Crippen molar-refractivity contribution in [2.24, 2.45) is 0 Å². The summed E-state index contributed by atoms with van der Waals surface area (Å²) in [5, 5.41) is 0. The largest absolute Gasteiger partial charge is 0.311 e. The molecule has 52 heavy (non-hydrogen) atoms. The fourth-order valence-corrected chi connectivity index (χ4v) is 9.13. The van der Waals surface area contributed by atoms with E-state index in [0.717, 1.165) is 42.8 Å². The van der Waals surface area contributed by atoms with E-state index in [2.05, 4.69) is 181 Å². The van der Waals surface area contributed by atoms with E-state index in [1.807, 2.05) is 12.3 Å². The maximum Gasteiger partial charge on any atom is 0.0702 e. The first kappa shape index (κ1) is 32.2. The number of fused-ring (bicyclic) bond motifs is 6. The molecule has 2 aliphatic carbocycles. The average Bonchev–Trinajstić information content (AvgIpc) is 3.73. The second-order valence-corrected chi connectivity index (χ2v) is 14.8. The van der Waals surface area contributed by atoms with Crippen molar-refractivity contribution < 1.29 is 0 Å². The van der Waals surface area contributed by atoms with E-state index in [-0.39, 0.29) is 5.41 Å². The van der Waals surface area contributed by atoms with Gasteiger partial charge in [-0.3, -0.25) is 4.98 Å². The van der Waals surface area contributed by atoms with Crippen molar-refractivity contribution in [3.05, 3.63) is 203 Å². The molecule has 0 saturated heterocycles. The SMILES string of the molecule is CCC(CC(C)c1ccc(N(c2ccccc2)c2ccccc2)cc1)c1ccc2c(c1)C1(Cc3ccc(-c4ccccn4)cc3C1)c1ccccc1-2. The monoisotopic (exact) mass is 672 g/mol. The Kier molecular flexibility index (Phi) is 8.32. The lowest BCUT2D eigenvalue weighted by Crippen LogP contribution is -2.26. The summed E-state index contributed by atoms with van der Waals surface area (Å²) >= 11 is 0. The van der Waals surface area contributed by atoms with Crippen molar-refractivity contribution in [1.29, 1.82) is 0 Å². The first-order chi connectivity index (χ1) is 25.6. The molecule has 2 heteroatoms. The van der Waals surface area contributed by atoms with Crippen LogP contribution >= 0.6 is 0 Å². The number of para-hydroxylation sites is 2. The van der Waals surface area contributed by atoms with Crippen LogP contribution in [0.4, 0.5) is 17.1 Å². The minimum absolute atomic E-state index is 0.0316. The Morgan fingerprint density at radius 3 is 1.92 bits per heavy atom. The fourth-order valence-electron chi connectivity index (χ4n) is 9.13. The van der Waals surface area contributed by atoms with E-state index in [0.29, 0.717) is 11.8 Å². The van der Waals surface area contributed by atoms with Crippen LogP contribution < -0.4 is 4.90 Å². The summed E-state index contributed by atoms with van der Waals surface area (Å²) in [4.78, 5) is 6.99. The molecule has 254 valence electrons. The standard InChI is InChI=1S/C50H44N2/c1-3-36(30-35(2)37-23-26-44(27-24-37)52(42-14-6-4-7-15-42)43-16-8-5-9-17-43)38-25-28-46-45-18-10-11-19-47(45)50(48(46)32-38)33-40-22-21-39(31-41(40)34-50)49-20-12-13-29-51-49/h4-29,31-32,35-36H,3,30,33-34H2,1-2H3. The maximum absolute atomic E-state index is 4.66. The smallest absolute Gasteiger partial charge is 0.0702 e. The third-order valence-corrected chi connectivity index (χ3v) is 11.8. The number of hydrogen-bond acceptors (Lipinski definition) is 2. The Morgan fingerprint density at radius 2 is 1.21 bits per heavy atom. The molecule has 1 aromatic heterocycles. The number of anilines is 3. The molecular formula is C50H44N2. The van der Waals surface area contributed by atoms with E-state index in [1.54, 1.807) is 0 Å². The van der Waals surface area contributed by atoms with Gasteiger partial charge in [-0.05, 0) is 137 Å². The van der Waals surface area contributed by atoms with Gasteiger partial charge in [-0.1, -0.05) is 123 Å². The Labute approximate surface area is 308 Å². The minimum atomic E-state index is -0.0316. The topological polar surface area (TPSA) is 16.1 Å². The number of hydrogen-bond donors (Lipinski definition) is 0. The van der Waals surface area contributed by atoms with Gasteiger partial charge in [-0.15, -0.1) is 0 Å². The quantitative estimate of drug-likeness (QED) is 0.152. The highest BCUT2D eigenvalue weighted by molar-refractivity contribution is 5.83. The molecule has 9 rings (SSSR count). The van der Waals surface area contributed by atoms with Crippen molar-refractivity contribution in [3.8, 4) is 22.4 Å². The van der Waals surface area contributed by atoms with Crippen molar-refractivity contribution in [1.82, 2.24) is 4.98 Å². The molecular weight excluding hydrogens is 629 g/mol. The third kappa shape index (κ3) is 5.64. The van der Waals surface area contributed by atoms with Gasteiger partial charge >= 0.3 is 0 Å². The van der Waals surface area contributed by atoms with Crippen molar-refractivity contribution >= 4 is 17.1 Å². The zero-order valence-corrected chi connectivity index (χ0v) is 30.0. The van der Waals surface area contributed by atoms with Crippen LogP contribution in [0.5, 0.6) is 0 Å². The second kappa shape index (κ2) is 13.4. The van der Waals surface area contributed by atoms with Crippen molar-refractivity contribution in [2.75, 3.05) is 4.90 Å². The Hall–Kier alpha value is -5.73. The zero-order valence-electron chi connectivity index (χ0n) is 30.0. The summed E-state index contributed by atoms with van der Waals surface area (Å²) in [6, 6.07) is 60.4. The molecule has 0 fully saturated rings. The van der Waals surface area contributed by atoms with Crippen LogP contribution in [0.15, 0.2) is 170 Å². The molecule has 1 heterocycles. The molecule has 2 nitrogen and oxygen atoms in total. The van der Waals surface area contributed by atoms with E-state index in [1.165, 1.54) is 55.8 Å². The highest BCUT2D eigenvalue weighted by Crippen LogP contribution is 2.56. The van der Waals surface area contributed by atoms with Crippen molar-refractivity contribution in [2.45, 2.75) is 56.8 Å². The molecule has 0 aliphatic heterocycles. The van der Waals surface area contributed by atoms with Gasteiger partial charge in [0.1, 0.15) is 0 Å². The predicted molar refractivity (Wildman–Crippen MR) is 217 cm³/mol. The van der Waals surface area contributed by atoms with Gasteiger partial charge in [-0.2, -0.15) is 0 Å². The number of pyridine rings is 1. The van der Waals surface area contributed by atoms with Crippen LogP contribution in [0, 0.1) is 0 Å². The molecule has 3 unspecified atom stereocenters. The first-order valence-electron chi connectivity index (χ1n) is 18.9. The lowest BCUT2D eigenvalue weighted by Gasteiger charge is -2.28. The van der Waals surface area contributed by atoms with E-state index < -0.39 is 0 Å². The molecule has 6 aromatic carbocycles. The highest BCUT2D eigenvalue weighted by atomic mass is 15.1. The third-order valence-electron chi connectivity index (χ3n) is 11.8. The van der Waals surface area contributed by atoms with Crippen LogP contribution in [0.25, 0.3) is 22.4 Å². The average molecular weight is 673 g/mol. The maximum atomic E-state index is 4.66. The molecule has 2 aliphatic rings. The van der Waals surface area contributed by atoms with Gasteiger partial charge in [-0.25, -0.2) is 0 Å². The van der Waals surface area contributed by atoms with Gasteiger partial charge in [0.25, 0.3) is 0 Å². The van der Waals surface area contributed by atoms with E-state index in [9.17, 15) is 0 Å². The summed E-state index contributed by atoms with van der Waals surface area (Å²) in [7, 11) is 0. The van der Waals surface area contributed by atoms with Gasteiger partial charge < -0.3 is 4.90 Å². The van der Waals surface area contributed by atoms with Gasteiger partial charge in [0.05, 0.1) is 5.69 Å². The van der Waals surface area contributed by atoms with Crippen LogP contribution in [0.3, 0.4) is 0 Å². The molecule has 0 saturated carbocycles. The molecule has 7 aromatic rings. The molecule has 1 spiro atoms. The Balaban J connectivity index is 1.00. The second-order valence-electron chi connectivity index (χ2n) is 14.8. The van der Waals surface area contributed by atoms with Crippen LogP contribution in [0.1, 0.15) is 71.9 Å².